The van der Waals surface area contributed by atoms with E-state index in [9.17, 15) is 10.2 Å². The number of rotatable bonds is 2. The molecule has 3 heteroatoms. The van der Waals surface area contributed by atoms with Crippen molar-refractivity contribution in [2.75, 3.05) is 26.7 Å². The van der Waals surface area contributed by atoms with Crippen LogP contribution >= 0.6 is 0 Å². The van der Waals surface area contributed by atoms with E-state index in [-0.39, 0.29) is 12.0 Å². The molecule has 1 heterocycles. The van der Waals surface area contributed by atoms with Gasteiger partial charge in [0.05, 0.1) is 12.2 Å². The summed E-state index contributed by atoms with van der Waals surface area (Å²) >= 11 is 0. The van der Waals surface area contributed by atoms with Gasteiger partial charge in [-0.1, -0.05) is 25.7 Å². The molecule has 0 bridgehead atoms. The van der Waals surface area contributed by atoms with Crippen molar-refractivity contribution in [3.05, 3.63) is 0 Å². The summed E-state index contributed by atoms with van der Waals surface area (Å²) < 4.78 is 0. The molecule has 1 saturated heterocycles. The summed E-state index contributed by atoms with van der Waals surface area (Å²) in [6.07, 6.45) is 8.51. The molecule has 100 valence electrons. The van der Waals surface area contributed by atoms with Gasteiger partial charge < -0.3 is 15.1 Å². The minimum absolute atomic E-state index is 0.160. The van der Waals surface area contributed by atoms with E-state index in [2.05, 4.69) is 11.9 Å². The average Bonchev–Trinajstić information content (AvgIpc) is 2.59. The molecule has 0 aromatic heterocycles. The molecule has 2 N–H and O–H groups in total. The van der Waals surface area contributed by atoms with Crippen LogP contribution in [0.1, 0.15) is 51.4 Å². The van der Waals surface area contributed by atoms with Crippen LogP contribution in [0.25, 0.3) is 0 Å². The van der Waals surface area contributed by atoms with Crippen LogP contribution in [0.4, 0.5) is 0 Å². The number of nitrogens with zero attached hydrogens (tertiary/aromatic N) is 1. The maximum absolute atomic E-state index is 11.0. The summed E-state index contributed by atoms with van der Waals surface area (Å²) in [6.45, 7) is 2.07. The van der Waals surface area contributed by atoms with Crippen LogP contribution in [0.3, 0.4) is 0 Å². The third-order valence-corrected chi connectivity index (χ3v) is 5.16. The predicted octanol–water partition coefficient (Wildman–Crippen LogP) is 1.78. The zero-order chi connectivity index (χ0) is 12.4. The van der Waals surface area contributed by atoms with Crippen molar-refractivity contribution in [3.63, 3.8) is 0 Å². The predicted molar refractivity (Wildman–Crippen MR) is 68.9 cm³/mol. The Morgan fingerprint density at radius 1 is 0.941 bits per heavy atom. The normalized spacial score (nSPS) is 29.8. The van der Waals surface area contributed by atoms with E-state index < -0.39 is 5.60 Å². The molecule has 2 aliphatic rings. The molecule has 1 saturated carbocycles. The van der Waals surface area contributed by atoms with Crippen molar-refractivity contribution in [2.45, 2.75) is 57.0 Å². The van der Waals surface area contributed by atoms with Crippen LogP contribution in [0.2, 0.25) is 0 Å². The Balaban J connectivity index is 2.14. The fourth-order valence-corrected chi connectivity index (χ4v) is 3.69. The quantitative estimate of drug-likeness (QED) is 0.724. The van der Waals surface area contributed by atoms with Gasteiger partial charge in [-0.3, -0.25) is 0 Å². The Kier molecular flexibility index (Phi) is 4.11. The van der Waals surface area contributed by atoms with Crippen LogP contribution in [-0.4, -0.2) is 47.5 Å². The second-order valence-electron chi connectivity index (χ2n) is 6.19. The van der Waals surface area contributed by atoms with Gasteiger partial charge in [-0.15, -0.1) is 0 Å². The van der Waals surface area contributed by atoms with E-state index >= 15 is 0 Å². The minimum atomic E-state index is -0.626. The molecular weight excluding hydrogens is 214 g/mol. The van der Waals surface area contributed by atoms with Gasteiger partial charge in [0.1, 0.15) is 0 Å². The van der Waals surface area contributed by atoms with Gasteiger partial charge >= 0.3 is 0 Å². The third-order valence-electron chi connectivity index (χ3n) is 5.16. The fourth-order valence-electron chi connectivity index (χ4n) is 3.69. The smallest absolute Gasteiger partial charge is 0.0749 e. The van der Waals surface area contributed by atoms with E-state index in [4.69, 9.17) is 0 Å². The van der Waals surface area contributed by atoms with E-state index in [0.717, 1.165) is 38.8 Å². The lowest BCUT2D eigenvalue weighted by Gasteiger charge is -2.50. The summed E-state index contributed by atoms with van der Waals surface area (Å²) in [6, 6.07) is 0. The first kappa shape index (κ1) is 13.3. The molecule has 0 spiro atoms. The highest BCUT2D eigenvalue weighted by Crippen LogP contribution is 2.48. The second-order valence-corrected chi connectivity index (χ2v) is 6.19. The Hall–Kier alpha value is -0.120. The number of piperidine rings is 1. The van der Waals surface area contributed by atoms with Gasteiger partial charge in [0.15, 0.2) is 0 Å². The Bertz CT molecular complexity index is 239. The fraction of sp³-hybridized carbons (Fsp3) is 1.00. The number of hydrogen-bond acceptors (Lipinski definition) is 3. The molecule has 2 rings (SSSR count). The van der Waals surface area contributed by atoms with E-state index in [1.165, 1.54) is 25.7 Å². The van der Waals surface area contributed by atoms with Crippen molar-refractivity contribution in [1.82, 2.24) is 4.90 Å². The molecule has 1 aliphatic heterocycles. The van der Waals surface area contributed by atoms with Crippen molar-refractivity contribution in [2.24, 2.45) is 5.41 Å². The first-order valence-electron chi connectivity index (χ1n) is 7.14. The molecule has 0 radical (unpaired) electrons. The molecule has 3 nitrogen and oxygen atoms in total. The summed E-state index contributed by atoms with van der Waals surface area (Å²) in [5.74, 6) is 0. The Labute approximate surface area is 105 Å². The Morgan fingerprint density at radius 3 is 1.94 bits per heavy atom. The lowest BCUT2D eigenvalue weighted by Crippen LogP contribution is -2.56. The first-order chi connectivity index (χ1) is 8.12. The van der Waals surface area contributed by atoms with E-state index in [0.29, 0.717) is 0 Å². The molecule has 0 amide bonds. The van der Waals surface area contributed by atoms with Gasteiger partial charge in [-0.05, 0) is 32.7 Å². The van der Waals surface area contributed by atoms with Gasteiger partial charge in [-0.2, -0.15) is 0 Å². The molecule has 0 unspecified atom stereocenters. The van der Waals surface area contributed by atoms with E-state index in [1.807, 2.05) is 0 Å². The molecular formula is C14H27NO2. The highest BCUT2D eigenvalue weighted by molar-refractivity contribution is 5.01. The monoisotopic (exact) mass is 241 g/mol. The zero-order valence-corrected chi connectivity index (χ0v) is 11.1. The van der Waals surface area contributed by atoms with Crippen LogP contribution in [-0.2, 0) is 0 Å². The molecule has 1 aliphatic carbocycles. The average molecular weight is 241 g/mol. The van der Waals surface area contributed by atoms with Crippen LogP contribution in [0, 0.1) is 5.41 Å². The van der Waals surface area contributed by atoms with E-state index in [1.54, 1.807) is 0 Å². The number of hydrogen-bond donors (Lipinski definition) is 2. The van der Waals surface area contributed by atoms with Gasteiger partial charge in [0.2, 0.25) is 0 Å². The van der Waals surface area contributed by atoms with Crippen LogP contribution in [0.5, 0.6) is 0 Å². The zero-order valence-electron chi connectivity index (χ0n) is 11.1. The topological polar surface area (TPSA) is 43.7 Å². The van der Waals surface area contributed by atoms with Crippen LogP contribution < -0.4 is 0 Å². The SMILES string of the molecule is CN1CCC(O)(C2(CO)CCCCCC2)CC1. The minimum Gasteiger partial charge on any atom is -0.396 e. The largest absolute Gasteiger partial charge is 0.396 e. The van der Waals surface area contributed by atoms with Gasteiger partial charge in [0.25, 0.3) is 0 Å². The molecule has 0 aromatic carbocycles. The summed E-state index contributed by atoms with van der Waals surface area (Å²) in [4.78, 5) is 2.27. The van der Waals surface area contributed by atoms with Crippen molar-refractivity contribution >= 4 is 0 Å². The summed E-state index contributed by atoms with van der Waals surface area (Å²) in [5.41, 5.74) is -0.844. The van der Waals surface area contributed by atoms with Gasteiger partial charge in [-0.25, -0.2) is 0 Å². The van der Waals surface area contributed by atoms with Crippen molar-refractivity contribution < 1.29 is 10.2 Å². The molecule has 17 heavy (non-hydrogen) atoms. The van der Waals surface area contributed by atoms with Crippen molar-refractivity contribution in [1.29, 1.82) is 0 Å². The maximum atomic E-state index is 11.0. The van der Waals surface area contributed by atoms with Gasteiger partial charge in [0, 0.05) is 18.5 Å². The summed E-state index contributed by atoms with van der Waals surface area (Å²) in [5, 5.41) is 20.9. The lowest BCUT2D eigenvalue weighted by molar-refractivity contribution is -0.145. The highest BCUT2D eigenvalue weighted by atomic mass is 16.3. The van der Waals surface area contributed by atoms with Crippen LogP contribution in [0.15, 0.2) is 0 Å². The number of likely N-dealkylation sites (tertiary alicyclic amines) is 1. The number of aliphatic hydroxyl groups is 2. The Morgan fingerprint density at radius 2 is 1.47 bits per heavy atom. The van der Waals surface area contributed by atoms with Crippen molar-refractivity contribution in [3.8, 4) is 0 Å². The molecule has 2 fully saturated rings. The molecule has 0 aromatic rings. The standard InChI is InChI=1S/C14H27NO2/c1-15-10-8-14(17,9-11-15)13(12-16)6-4-2-3-5-7-13/h16-17H,2-12H2,1H3. The third kappa shape index (κ3) is 2.51. The number of aliphatic hydroxyl groups excluding tert-OH is 1. The second kappa shape index (κ2) is 5.25. The maximum Gasteiger partial charge on any atom is 0.0749 e. The lowest BCUT2D eigenvalue weighted by atomic mass is 9.63. The highest BCUT2D eigenvalue weighted by Gasteiger charge is 2.50. The summed E-state index contributed by atoms with van der Waals surface area (Å²) in [7, 11) is 2.11. The molecule has 0 atom stereocenters. The first-order valence-corrected chi connectivity index (χ1v) is 7.14.